The molecular formula is C94H105ClF6N22O6. The Kier molecular flexibility index (Phi) is 27.9. The first-order valence-electron chi connectivity index (χ1n) is 44.3. The van der Waals surface area contributed by atoms with E-state index in [1.54, 1.807) is 12.3 Å². The topological polar surface area (TPSA) is 241 Å². The van der Waals surface area contributed by atoms with Crippen molar-refractivity contribution in [2.24, 2.45) is 0 Å². The van der Waals surface area contributed by atoms with Crippen LogP contribution in [0.1, 0.15) is 96.3 Å². The van der Waals surface area contributed by atoms with Crippen LogP contribution in [-0.2, 0) is 66.1 Å². The maximum Gasteiger partial charge on any atom is 0.318 e. The Balaban J connectivity index is 0.000000142. The number of nitrogens with zero attached hydrogens (tertiary/aromatic N) is 22. The second-order valence-electron chi connectivity index (χ2n) is 34.7. The van der Waals surface area contributed by atoms with Gasteiger partial charge in [-0.1, -0.05) is 61.7 Å². The number of anilines is 6. The fourth-order valence-corrected chi connectivity index (χ4v) is 20.2. The van der Waals surface area contributed by atoms with Crippen LogP contribution in [0.5, 0.6) is 18.0 Å². The quantitative estimate of drug-likeness (QED) is 0.0369. The molecule has 6 atom stereocenters. The third kappa shape index (κ3) is 19.6. The predicted molar refractivity (Wildman–Crippen MR) is 480 cm³/mol. The first kappa shape index (κ1) is 90.2. The first-order valence-corrected chi connectivity index (χ1v) is 44.7. The number of pyridine rings is 1. The van der Waals surface area contributed by atoms with Gasteiger partial charge in [0, 0.05) is 147 Å². The van der Waals surface area contributed by atoms with Gasteiger partial charge in [0.05, 0.1) is 72.2 Å². The Morgan fingerprint density at radius 1 is 0.473 bits per heavy atom. The molecule has 28 nitrogen and oxygen atoms in total. The number of amides is 3. The third-order valence-electron chi connectivity index (χ3n) is 26.9. The van der Waals surface area contributed by atoms with Gasteiger partial charge in [0.15, 0.2) is 29.1 Å². The van der Waals surface area contributed by atoms with Crippen molar-refractivity contribution in [1.82, 2.24) is 64.3 Å². The molecule has 18 rings (SSSR count). The fourth-order valence-electron chi connectivity index (χ4n) is 19.9. The number of aryl methyl sites for hydroxylation is 1. The number of aromatic nitrogens is 7. The maximum absolute atomic E-state index is 14.5. The van der Waals surface area contributed by atoms with Crippen molar-refractivity contribution in [1.29, 1.82) is 5.26 Å². The molecular weight excluding hydrogens is 1680 g/mol. The van der Waals surface area contributed by atoms with Crippen molar-refractivity contribution in [3.8, 4) is 24.1 Å². The number of ether oxygens (including phenoxy) is 3. The molecule has 35 heteroatoms. The first-order chi connectivity index (χ1) is 62.4. The highest BCUT2D eigenvalue weighted by Crippen LogP contribution is 2.43. The van der Waals surface area contributed by atoms with E-state index in [2.05, 4.69) is 114 Å². The van der Waals surface area contributed by atoms with Gasteiger partial charge in [0.2, 0.25) is 13.1 Å². The lowest BCUT2D eigenvalue weighted by Gasteiger charge is -2.42. The summed E-state index contributed by atoms with van der Waals surface area (Å²) in [5, 5.41) is 12.1. The highest BCUT2D eigenvalue weighted by molar-refractivity contribution is 6.36. The summed E-state index contributed by atoms with van der Waals surface area (Å²) in [7, 11) is 6.27. The highest BCUT2D eigenvalue weighted by atomic mass is 35.5. The predicted octanol–water partition coefficient (Wildman–Crippen LogP) is 12.1. The van der Waals surface area contributed by atoms with Crippen LogP contribution in [0.25, 0.3) is 31.2 Å². The number of hydrogen-bond acceptors (Lipinski definition) is 23. The molecule has 4 aromatic heterocycles. The number of likely N-dealkylation sites (tertiary alicyclic amines) is 3. The van der Waals surface area contributed by atoms with Gasteiger partial charge in [-0.15, -0.1) is 0 Å². The van der Waals surface area contributed by atoms with Gasteiger partial charge in [-0.2, -0.15) is 35.2 Å². The molecule has 129 heavy (non-hydrogen) atoms. The molecule has 0 bridgehead atoms. The van der Waals surface area contributed by atoms with E-state index in [0.29, 0.717) is 150 Å². The number of rotatable bonds is 21. The Bertz CT molecular complexity index is 5750. The maximum atomic E-state index is 14.5. The highest BCUT2D eigenvalue weighted by Gasteiger charge is 2.42. The van der Waals surface area contributed by atoms with E-state index in [1.165, 1.54) is 56.3 Å². The lowest BCUT2D eigenvalue weighted by Crippen LogP contribution is -2.57. The van der Waals surface area contributed by atoms with Gasteiger partial charge in [-0.05, 0) is 165 Å². The average molecular weight is 1790 g/mol. The number of carbonyl (C=O) groups excluding carboxylic acids is 3. The van der Waals surface area contributed by atoms with Crippen LogP contribution >= 0.6 is 11.6 Å². The molecule has 0 N–H and O–H groups in total. The number of nitriles is 1. The molecule has 0 radical (unpaired) electrons. The standard InChI is InChI=1S/C32H34ClF2N7O2.C31H33F3N8O2.C31H38FN7O2/c1-20(34)31(43)42-15-14-41(17-23(42)16-36-2)30-24-11-13-40(27-8-4-6-21-9-10-25(35)29(33)28(21)27)18-26(24)37-32(38-30)44-19-22-7-5-12-39(22)3;1-19(32)30(43)42-11-10-41(16-21(42)5-7-35)29-23-6-9-40(28-15-36-14-20-12-25(33)26(34)13-24(20)28)17-27(23)37-31(38-29)44-18-22-4-3-8-39(22)2;1-21(32)30(40)39-16-15-38(18-24(39)17-33-2)29-26-12-14-37(28-11-5-8-22-7-4-10-25(22)28)19-27(26)34-31(35-29)41-20-23-9-6-13-36(23)3/h4,6,8-10,22-23H,1,5,7,11-19H2,3H3;12-15,21-22H,1,3-6,8-11,16-18H2,2H3;5,8,11,23-24H,1,4,6-7,9-10,12-20H2,3H3/t22-,23-;21-,22-;23-,24-/m000/s1. The normalized spacial score (nSPS) is 21.1. The molecule has 0 unspecified atom stereocenters. The summed E-state index contributed by atoms with van der Waals surface area (Å²) in [5.41, 5.74) is 11.1. The number of piperazine rings is 3. The molecule has 13 heterocycles. The zero-order valence-electron chi connectivity index (χ0n) is 72.9. The van der Waals surface area contributed by atoms with Crippen LogP contribution < -0.4 is 43.6 Å². The molecule has 9 aliphatic heterocycles. The Morgan fingerprint density at radius 2 is 0.907 bits per heavy atom. The number of fused-ring (bicyclic) bond motifs is 6. The summed E-state index contributed by atoms with van der Waals surface area (Å²) < 4.78 is 103. The van der Waals surface area contributed by atoms with Gasteiger partial charge in [0.1, 0.15) is 55.2 Å². The van der Waals surface area contributed by atoms with Crippen molar-refractivity contribution in [3.63, 3.8) is 0 Å². The third-order valence-corrected chi connectivity index (χ3v) is 27.3. The molecule has 10 aliphatic rings. The molecule has 3 amide bonds. The minimum absolute atomic E-state index is 0.0270. The Morgan fingerprint density at radius 3 is 1.36 bits per heavy atom. The lowest BCUT2D eigenvalue weighted by atomic mass is 10.0. The van der Waals surface area contributed by atoms with Gasteiger partial charge < -0.3 is 82.7 Å². The average Bonchev–Trinajstić information content (AvgIpc) is 1.56. The number of benzene rings is 4. The summed E-state index contributed by atoms with van der Waals surface area (Å²) >= 11 is 6.47. The van der Waals surface area contributed by atoms with Crippen molar-refractivity contribution >= 4 is 85.4 Å². The van der Waals surface area contributed by atoms with Crippen LogP contribution in [0, 0.1) is 41.9 Å². The molecule has 676 valence electrons. The van der Waals surface area contributed by atoms with E-state index in [-0.39, 0.29) is 68.3 Å². The zero-order chi connectivity index (χ0) is 90.4. The summed E-state index contributed by atoms with van der Waals surface area (Å²) in [6.45, 7) is 35.5. The minimum Gasteiger partial charge on any atom is -0.462 e. The number of likely N-dealkylation sites (N-methyl/N-ethyl adjacent to an activating group) is 3. The fraction of sp³-hybridized carbons (Fsp3) is 0.479. The second kappa shape index (κ2) is 39.8. The van der Waals surface area contributed by atoms with Crippen molar-refractivity contribution in [2.75, 3.05) is 182 Å². The van der Waals surface area contributed by atoms with Crippen molar-refractivity contribution in [3.05, 3.63) is 200 Å². The van der Waals surface area contributed by atoms with E-state index in [4.69, 9.17) is 68.9 Å². The second-order valence-corrected chi connectivity index (χ2v) is 35.1. The van der Waals surface area contributed by atoms with E-state index in [9.17, 15) is 46.0 Å². The molecule has 6 fully saturated rings. The van der Waals surface area contributed by atoms with E-state index in [0.717, 1.165) is 141 Å². The van der Waals surface area contributed by atoms with Crippen LogP contribution in [0.2, 0.25) is 5.02 Å². The summed E-state index contributed by atoms with van der Waals surface area (Å²) in [5.74, 6) is -5.58. The van der Waals surface area contributed by atoms with Gasteiger partial charge in [-0.3, -0.25) is 19.4 Å². The van der Waals surface area contributed by atoms with Crippen LogP contribution in [-0.4, -0.2) is 270 Å². The molecule has 1 aliphatic carbocycles. The number of carbonyl (C=O) groups is 3. The summed E-state index contributed by atoms with van der Waals surface area (Å²) in [4.78, 5) is 102. The van der Waals surface area contributed by atoms with Gasteiger partial charge in [-0.25, -0.2) is 39.5 Å². The largest absolute Gasteiger partial charge is 0.462 e. The molecule has 6 saturated heterocycles. The van der Waals surface area contributed by atoms with E-state index >= 15 is 0 Å². The number of halogens is 7. The summed E-state index contributed by atoms with van der Waals surface area (Å²) in [6.07, 6.45) is 15.1. The van der Waals surface area contributed by atoms with Crippen LogP contribution in [0.4, 0.5) is 60.9 Å². The van der Waals surface area contributed by atoms with E-state index in [1.807, 2.05) is 28.0 Å². The van der Waals surface area contributed by atoms with E-state index < -0.39 is 70.8 Å². The lowest BCUT2D eigenvalue weighted by molar-refractivity contribution is -0.131. The smallest absolute Gasteiger partial charge is 0.318 e. The van der Waals surface area contributed by atoms with Crippen LogP contribution in [0.3, 0.4) is 0 Å². The Labute approximate surface area is 751 Å². The summed E-state index contributed by atoms with van der Waals surface area (Å²) in [6, 6.07) is 20.2. The van der Waals surface area contributed by atoms with Gasteiger partial charge in [0.25, 0.3) is 17.7 Å². The zero-order valence-corrected chi connectivity index (χ0v) is 73.7. The number of hydrogen-bond donors (Lipinski definition) is 0. The SMILES string of the molecule is C=C(F)C(=O)N1CCN(c2nc(OC[C@@H]3CCCN3C)nc3c2CCN(c2cncc4cc(F)c(F)cc24)C3)C[C@@H]1CC#N.[C-]#[N+]C[C@H]1CN(c2nc(OC[C@@H]3CCCN3C)nc3c2CCN(c2cccc4c2CCC4)C3)CCN1C(=O)C(=C)F.[C-]#[N+]C[C@H]1CN(c2nc(OC[C@@H]3CCCN3C)nc3c2CCN(c2cccc4ccc(F)c(Cl)c24)C3)CCN1C(=O)C(=C)F. The minimum atomic E-state index is -1.06. The van der Waals surface area contributed by atoms with Crippen molar-refractivity contribution < 1.29 is 54.9 Å². The van der Waals surface area contributed by atoms with Gasteiger partial charge >= 0.3 is 18.0 Å². The molecule has 0 spiro atoms. The monoisotopic (exact) mass is 1790 g/mol. The molecule has 8 aromatic rings. The van der Waals surface area contributed by atoms with Crippen LogP contribution in [0.15, 0.2) is 110 Å². The Hall–Kier alpha value is -12.2. The van der Waals surface area contributed by atoms with Crippen molar-refractivity contribution in [2.45, 2.75) is 139 Å². The molecule has 0 saturated carbocycles. The molecule has 4 aromatic carbocycles.